The van der Waals surface area contributed by atoms with Crippen molar-refractivity contribution in [2.24, 2.45) is 0 Å². The first-order valence-corrected chi connectivity index (χ1v) is 7.49. The van der Waals surface area contributed by atoms with Crippen LogP contribution in [0, 0.1) is 0 Å². The maximum absolute atomic E-state index is 12.4. The fourth-order valence-electron chi connectivity index (χ4n) is 2.46. The van der Waals surface area contributed by atoms with Crippen molar-refractivity contribution < 1.29 is 18.7 Å². The molecule has 6 heteroatoms. The van der Waals surface area contributed by atoms with Crippen LogP contribution in [0.4, 0.5) is 5.69 Å². The highest BCUT2D eigenvalue weighted by Crippen LogP contribution is 2.31. The van der Waals surface area contributed by atoms with Crippen LogP contribution in [0.2, 0.25) is 0 Å². The van der Waals surface area contributed by atoms with Crippen molar-refractivity contribution in [3.8, 4) is 22.8 Å². The van der Waals surface area contributed by atoms with E-state index in [2.05, 4.69) is 10.3 Å². The molecule has 0 radical (unpaired) electrons. The summed E-state index contributed by atoms with van der Waals surface area (Å²) in [5.74, 6) is 1.72. The lowest BCUT2D eigenvalue weighted by Crippen LogP contribution is -2.17. The summed E-state index contributed by atoms with van der Waals surface area (Å²) in [4.78, 5) is 16.3. The van der Waals surface area contributed by atoms with Gasteiger partial charge in [0.2, 0.25) is 0 Å². The topological polar surface area (TPSA) is 73.6 Å². The molecule has 2 aromatic carbocycles. The standard InChI is InChI=1S/C18H14N2O4/c21-18(13-3-6-15-16(9-13)23-8-7-22-15)20-14-4-1-12(2-5-14)17-10-19-11-24-17/h1-6,9-11H,7-8H2,(H,20,21). The third-order valence-electron chi connectivity index (χ3n) is 3.66. The second kappa shape index (κ2) is 6.08. The number of carbonyl (C=O) groups is 1. The maximum atomic E-state index is 12.4. The molecule has 120 valence electrons. The minimum absolute atomic E-state index is 0.209. The summed E-state index contributed by atoms with van der Waals surface area (Å²) < 4.78 is 16.2. The van der Waals surface area contributed by atoms with E-state index in [1.807, 2.05) is 24.3 Å². The summed E-state index contributed by atoms with van der Waals surface area (Å²) in [7, 11) is 0. The van der Waals surface area contributed by atoms with Gasteiger partial charge in [-0.3, -0.25) is 4.79 Å². The highest BCUT2D eigenvalue weighted by Gasteiger charge is 2.15. The Morgan fingerprint density at radius 1 is 1.00 bits per heavy atom. The van der Waals surface area contributed by atoms with Gasteiger partial charge in [0.15, 0.2) is 23.7 Å². The zero-order valence-electron chi connectivity index (χ0n) is 12.7. The van der Waals surface area contributed by atoms with Crippen LogP contribution in [-0.2, 0) is 0 Å². The zero-order valence-corrected chi connectivity index (χ0v) is 12.7. The summed E-state index contributed by atoms with van der Waals surface area (Å²) in [5.41, 5.74) is 2.10. The Bertz CT molecular complexity index is 857. The van der Waals surface area contributed by atoms with Gasteiger partial charge < -0.3 is 19.2 Å². The number of hydrogen-bond donors (Lipinski definition) is 1. The molecule has 1 amide bonds. The quantitative estimate of drug-likeness (QED) is 0.800. The predicted molar refractivity (Wildman–Crippen MR) is 87.3 cm³/mol. The Labute approximate surface area is 138 Å². The molecule has 0 bridgehead atoms. The number of aromatic nitrogens is 1. The number of nitrogens with zero attached hydrogens (tertiary/aromatic N) is 1. The average Bonchev–Trinajstić information content (AvgIpc) is 3.16. The van der Waals surface area contributed by atoms with Crippen LogP contribution < -0.4 is 14.8 Å². The highest BCUT2D eigenvalue weighted by atomic mass is 16.6. The van der Waals surface area contributed by atoms with Crippen LogP contribution in [0.25, 0.3) is 11.3 Å². The lowest BCUT2D eigenvalue weighted by Gasteiger charge is -2.18. The molecule has 1 aliphatic heterocycles. The second-order valence-electron chi connectivity index (χ2n) is 5.26. The molecule has 0 spiro atoms. The Morgan fingerprint density at radius 2 is 1.79 bits per heavy atom. The van der Waals surface area contributed by atoms with Crippen LogP contribution in [0.5, 0.6) is 11.5 Å². The number of ether oxygens (including phenoxy) is 2. The van der Waals surface area contributed by atoms with Crippen molar-refractivity contribution >= 4 is 11.6 Å². The third-order valence-corrected chi connectivity index (χ3v) is 3.66. The fourth-order valence-corrected chi connectivity index (χ4v) is 2.46. The summed E-state index contributed by atoms with van der Waals surface area (Å²) in [6.07, 6.45) is 3.02. The van der Waals surface area contributed by atoms with Crippen LogP contribution in [0.15, 0.2) is 59.5 Å². The highest BCUT2D eigenvalue weighted by molar-refractivity contribution is 6.04. The first-order chi connectivity index (χ1) is 11.8. The van der Waals surface area contributed by atoms with E-state index in [1.165, 1.54) is 6.39 Å². The molecule has 0 saturated carbocycles. The van der Waals surface area contributed by atoms with E-state index in [0.29, 0.717) is 41.7 Å². The number of amides is 1. The minimum atomic E-state index is -0.209. The number of nitrogens with one attached hydrogen (secondary N) is 1. The third kappa shape index (κ3) is 2.81. The Morgan fingerprint density at radius 3 is 2.54 bits per heavy atom. The molecule has 0 unspecified atom stereocenters. The van der Waals surface area contributed by atoms with Crippen molar-refractivity contribution in [1.29, 1.82) is 0 Å². The molecule has 3 aromatic rings. The first-order valence-electron chi connectivity index (χ1n) is 7.49. The largest absolute Gasteiger partial charge is 0.486 e. The van der Waals surface area contributed by atoms with Gasteiger partial charge in [-0.15, -0.1) is 0 Å². The van der Waals surface area contributed by atoms with Crippen LogP contribution in [-0.4, -0.2) is 24.1 Å². The van der Waals surface area contributed by atoms with Gasteiger partial charge in [-0.1, -0.05) is 0 Å². The molecular formula is C18H14N2O4. The summed E-state index contributed by atoms with van der Waals surface area (Å²) in [5, 5.41) is 2.86. The molecule has 1 N–H and O–H groups in total. The van der Waals surface area contributed by atoms with Crippen LogP contribution in [0.3, 0.4) is 0 Å². The van der Waals surface area contributed by atoms with Gasteiger partial charge in [-0.05, 0) is 42.5 Å². The Kier molecular flexibility index (Phi) is 3.63. The van der Waals surface area contributed by atoms with Gasteiger partial charge in [0.25, 0.3) is 5.91 Å². The summed E-state index contributed by atoms with van der Waals surface area (Å²) in [6.45, 7) is 1.01. The van der Waals surface area contributed by atoms with Crippen molar-refractivity contribution in [3.63, 3.8) is 0 Å². The molecule has 0 atom stereocenters. The number of carbonyl (C=O) groups excluding carboxylic acids is 1. The van der Waals surface area contributed by atoms with Crippen molar-refractivity contribution in [3.05, 3.63) is 60.6 Å². The van der Waals surface area contributed by atoms with E-state index >= 15 is 0 Å². The van der Waals surface area contributed by atoms with Crippen molar-refractivity contribution in [1.82, 2.24) is 4.98 Å². The second-order valence-corrected chi connectivity index (χ2v) is 5.26. The number of hydrogen-bond acceptors (Lipinski definition) is 5. The molecule has 1 aromatic heterocycles. The smallest absolute Gasteiger partial charge is 0.255 e. The fraction of sp³-hybridized carbons (Fsp3) is 0.111. The first kappa shape index (κ1) is 14.3. The molecule has 1 aliphatic rings. The van der Waals surface area contributed by atoms with Gasteiger partial charge >= 0.3 is 0 Å². The van der Waals surface area contributed by atoms with E-state index in [9.17, 15) is 4.79 Å². The van der Waals surface area contributed by atoms with Gasteiger partial charge in [-0.25, -0.2) is 4.98 Å². The lowest BCUT2D eigenvalue weighted by atomic mass is 10.1. The number of fused-ring (bicyclic) bond motifs is 1. The molecule has 0 aliphatic carbocycles. The van der Waals surface area contributed by atoms with Crippen molar-refractivity contribution in [2.45, 2.75) is 0 Å². The van der Waals surface area contributed by atoms with E-state index in [1.54, 1.807) is 24.4 Å². The molecule has 2 heterocycles. The van der Waals surface area contributed by atoms with Crippen LogP contribution >= 0.6 is 0 Å². The summed E-state index contributed by atoms with van der Waals surface area (Å²) in [6, 6.07) is 12.5. The van der Waals surface area contributed by atoms with E-state index in [4.69, 9.17) is 13.9 Å². The molecular weight excluding hydrogens is 308 g/mol. The molecule has 4 rings (SSSR count). The van der Waals surface area contributed by atoms with Gasteiger partial charge in [0.05, 0.1) is 6.20 Å². The van der Waals surface area contributed by atoms with Gasteiger partial charge in [0, 0.05) is 16.8 Å². The SMILES string of the molecule is O=C(Nc1ccc(-c2cnco2)cc1)c1ccc2c(c1)OCCO2. The maximum Gasteiger partial charge on any atom is 0.255 e. The van der Waals surface area contributed by atoms with Crippen molar-refractivity contribution in [2.75, 3.05) is 18.5 Å². The molecule has 0 saturated heterocycles. The van der Waals surface area contributed by atoms with E-state index in [0.717, 1.165) is 5.56 Å². The zero-order chi connectivity index (χ0) is 16.4. The van der Waals surface area contributed by atoms with E-state index in [-0.39, 0.29) is 5.91 Å². The number of oxazole rings is 1. The molecule has 0 fully saturated rings. The molecule has 24 heavy (non-hydrogen) atoms. The predicted octanol–water partition coefficient (Wildman–Crippen LogP) is 3.37. The normalized spacial score (nSPS) is 12.7. The Balaban J connectivity index is 1.49. The number of rotatable bonds is 3. The summed E-state index contributed by atoms with van der Waals surface area (Å²) >= 11 is 0. The average molecular weight is 322 g/mol. The monoisotopic (exact) mass is 322 g/mol. The Hall–Kier alpha value is -3.28. The molecule has 6 nitrogen and oxygen atoms in total. The number of anilines is 1. The van der Waals surface area contributed by atoms with Gasteiger partial charge in [0.1, 0.15) is 13.2 Å². The minimum Gasteiger partial charge on any atom is -0.486 e. The lowest BCUT2D eigenvalue weighted by molar-refractivity contribution is 0.102. The number of benzene rings is 2. The van der Waals surface area contributed by atoms with Crippen LogP contribution in [0.1, 0.15) is 10.4 Å². The van der Waals surface area contributed by atoms with Gasteiger partial charge in [-0.2, -0.15) is 0 Å². The van der Waals surface area contributed by atoms with E-state index < -0.39 is 0 Å².